The summed E-state index contributed by atoms with van der Waals surface area (Å²) >= 11 is 1.17. The predicted molar refractivity (Wildman–Crippen MR) is 124 cm³/mol. The Balaban J connectivity index is 1.41. The molecule has 5 heterocycles. The van der Waals surface area contributed by atoms with E-state index in [0.717, 1.165) is 51.1 Å². The van der Waals surface area contributed by atoms with E-state index in [1.54, 1.807) is 35.1 Å². The van der Waals surface area contributed by atoms with E-state index in [1.807, 2.05) is 4.90 Å². The summed E-state index contributed by atoms with van der Waals surface area (Å²) in [5, 5.41) is 1.74. The van der Waals surface area contributed by atoms with Crippen LogP contribution in [0.4, 0.5) is 5.69 Å². The molecule has 2 aromatic rings. The lowest BCUT2D eigenvalue weighted by atomic mass is 9.81. The van der Waals surface area contributed by atoms with E-state index < -0.39 is 10.0 Å². The number of pyridine rings is 1. The summed E-state index contributed by atoms with van der Waals surface area (Å²) in [7, 11) is -3.69. The Morgan fingerprint density at radius 3 is 2.59 bits per heavy atom. The molecule has 3 aliphatic rings. The van der Waals surface area contributed by atoms with Gasteiger partial charge >= 0.3 is 0 Å². The molecule has 172 valence electrons. The summed E-state index contributed by atoms with van der Waals surface area (Å²) in [6.45, 7) is 5.55. The van der Waals surface area contributed by atoms with Gasteiger partial charge in [-0.05, 0) is 42.7 Å². The van der Waals surface area contributed by atoms with Crippen molar-refractivity contribution in [2.45, 2.75) is 48.9 Å². The van der Waals surface area contributed by atoms with Crippen LogP contribution in [0.25, 0.3) is 0 Å². The fraction of sp³-hybridized carbons (Fsp3) is 0.545. The number of rotatable bonds is 4. The molecule has 32 heavy (non-hydrogen) atoms. The van der Waals surface area contributed by atoms with Crippen LogP contribution in [0.1, 0.15) is 37.8 Å². The van der Waals surface area contributed by atoms with Crippen LogP contribution in [-0.2, 0) is 21.4 Å². The van der Waals surface area contributed by atoms with Gasteiger partial charge in [0.2, 0.25) is 5.91 Å². The normalized spacial score (nSPS) is 24.2. The van der Waals surface area contributed by atoms with Gasteiger partial charge in [0.05, 0.1) is 5.69 Å². The number of carbonyl (C=O) groups excluding carboxylic acids is 1. The molecule has 0 radical (unpaired) electrons. The highest BCUT2D eigenvalue weighted by atomic mass is 32.2. The minimum absolute atomic E-state index is 0.0722. The van der Waals surface area contributed by atoms with Crippen LogP contribution in [0, 0.1) is 5.92 Å². The minimum atomic E-state index is -3.69. The van der Waals surface area contributed by atoms with Crippen LogP contribution >= 0.6 is 11.3 Å². The van der Waals surface area contributed by atoms with E-state index in [1.165, 1.54) is 17.4 Å². The zero-order valence-electron chi connectivity index (χ0n) is 18.1. The van der Waals surface area contributed by atoms with Gasteiger partial charge in [-0.25, -0.2) is 8.42 Å². The number of fused-ring (bicyclic) bond motifs is 4. The summed E-state index contributed by atoms with van der Waals surface area (Å²) in [6, 6.07) is 6.80. The second-order valence-electron chi connectivity index (χ2n) is 9.11. The van der Waals surface area contributed by atoms with Crippen molar-refractivity contribution >= 4 is 33.0 Å². The maximum atomic E-state index is 12.9. The average Bonchev–Trinajstić information content (AvgIpc) is 3.31. The van der Waals surface area contributed by atoms with E-state index in [9.17, 15) is 18.0 Å². The highest BCUT2D eigenvalue weighted by molar-refractivity contribution is 7.94. The van der Waals surface area contributed by atoms with Crippen LogP contribution in [0.2, 0.25) is 0 Å². The van der Waals surface area contributed by atoms with Crippen LogP contribution in [0.3, 0.4) is 0 Å². The van der Waals surface area contributed by atoms with Crippen molar-refractivity contribution in [1.29, 1.82) is 0 Å². The van der Waals surface area contributed by atoms with Gasteiger partial charge in [-0.2, -0.15) is 0 Å². The number of hydrogen-bond donors (Lipinski definition) is 1. The van der Waals surface area contributed by atoms with Crippen LogP contribution in [0.5, 0.6) is 0 Å². The Labute approximate surface area is 191 Å². The Kier molecular flexibility index (Phi) is 5.63. The molecule has 2 bridgehead atoms. The van der Waals surface area contributed by atoms with Gasteiger partial charge in [0.15, 0.2) is 0 Å². The van der Waals surface area contributed by atoms with Crippen molar-refractivity contribution in [1.82, 2.24) is 14.4 Å². The maximum absolute atomic E-state index is 12.9. The van der Waals surface area contributed by atoms with E-state index in [-0.39, 0.29) is 21.6 Å². The third-order valence-electron chi connectivity index (χ3n) is 7.05. The number of sulfonamides is 1. The van der Waals surface area contributed by atoms with E-state index in [2.05, 4.69) is 9.62 Å². The molecular weight excluding hydrogens is 448 g/mol. The lowest BCUT2D eigenvalue weighted by Gasteiger charge is -2.47. The summed E-state index contributed by atoms with van der Waals surface area (Å²) < 4.78 is 30.5. The number of anilines is 1. The average molecular weight is 477 g/mol. The number of carbonyl (C=O) groups is 1. The molecule has 0 unspecified atom stereocenters. The van der Waals surface area contributed by atoms with E-state index in [4.69, 9.17) is 0 Å². The van der Waals surface area contributed by atoms with Gasteiger partial charge in [-0.1, -0.05) is 6.07 Å². The van der Waals surface area contributed by atoms with Crippen molar-refractivity contribution in [3.8, 4) is 0 Å². The molecule has 2 atom stereocenters. The molecule has 5 rings (SSSR count). The first-order valence-corrected chi connectivity index (χ1v) is 13.5. The predicted octanol–water partition coefficient (Wildman–Crippen LogP) is 2.14. The first-order chi connectivity index (χ1) is 15.3. The van der Waals surface area contributed by atoms with Crippen LogP contribution in [-0.4, -0.2) is 60.9 Å². The number of aromatic nitrogens is 1. The molecule has 0 saturated carbocycles. The second-order valence-corrected chi connectivity index (χ2v) is 12.0. The molecule has 0 aromatic carbocycles. The molecule has 8 nitrogen and oxygen atoms in total. The van der Waals surface area contributed by atoms with Crippen LogP contribution in [0.15, 0.2) is 38.6 Å². The lowest BCUT2D eigenvalue weighted by Crippen LogP contribution is -2.53. The smallest absolute Gasteiger partial charge is 0.271 e. The number of amides is 1. The van der Waals surface area contributed by atoms with E-state index in [0.29, 0.717) is 24.2 Å². The molecule has 3 aliphatic heterocycles. The van der Waals surface area contributed by atoms with Crippen molar-refractivity contribution < 1.29 is 13.2 Å². The molecule has 1 N–H and O–H groups in total. The zero-order valence-corrected chi connectivity index (χ0v) is 19.7. The minimum Gasteiger partial charge on any atom is -0.343 e. The number of likely N-dealkylation sites (tertiary alicyclic amines) is 2. The number of nitrogens with zero attached hydrogens (tertiary/aromatic N) is 3. The first-order valence-electron chi connectivity index (χ1n) is 11.1. The van der Waals surface area contributed by atoms with Crippen molar-refractivity contribution in [3.63, 3.8) is 0 Å². The standard InChI is InChI=1S/C22H28N4O4S2/c1-15(27)24-8-6-18(7-9-24)25-12-16-11-17(14-25)22-19(4-5-20(28)26(22)13-16)23-32(29,30)21-3-2-10-31-21/h2-5,10,16-18,23H,6-9,11-14H2,1H3/t16-,17+/m0/s1. The Hall–Kier alpha value is -2.17. The second kappa shape index (κ2) is 8.31. The van der Waals surface area contributed by atoms with Gasteiger partial charge in [0, 0.05) is 63.4 Å². The lowest BCUT2D eigenvalue weighted by molar-refractivity contribution is -0.130. The Morgan fingerprint density at radius 2 is 1.91 bits per heavy atom. The summed E-state index contributed by atoms with van der Waals surface area (Å²) in [5.41, 5.74) is 1.24. The number of piperidine rings is 2. The maximum Gasteiger partial charge on any atom is 0.271 e. The molecule has 0 spiro atoms. The monoisotopic (exact) mass is 476 g/mol. The molecule has 2 aromatic heterocycles. The molecule has 1 amide bonds. The Morgan fingerprint density at radius 1 is 1.12 bits per heavy atom. The first kappa shape index (κ1) is 21.7. The number of nitrogens with one attached hydrogen (secondary N) is 1. The third kappa shape index (κ3) is 3.99. The topological polar surface area (TPSA) is 91.7 Å². The summed E-state index contributed by atoms with van der Waals surface area (Å²) in [6.07, 6.45) is 2.87. The van der Waals surface area contributed by atoms with Gasteiger partial charge in [-0.3, -0.25) is 19.2 Å². The molecule has 0 aliphatic carbocycles. The van der Waals surface area contributed by atoms with Crippen LogP contribution < -0.4 is 10.3 Å². The number of hydrogen-bond acceptors (Lipinski definition) is 6. The molecule has 2 saturated heterocycles. The van der Waals surface area contributed by atoms with Crippen molar-refractivity contribution in [2.75, 3.05) is 30.9 Å². The molecule has 2 fully saturated rings. The summed E-state index contributed by atoms with van der Waals surface area (Å²) in [5.74, 6) is 0.604. The fourth-order valence-corrected chi connectivity index (χ4v) is 7.66. The molecule has 10 heteroatoms. The largest absolute Gasteiger partial charge is 0.343 e. The highest BCUT2D eigenvalue weighted by Gasteiger charge is 2.39. The number of thiophene rings is 1. The van der Waals surface area contributed by atoms with Crippen molar-refractivity contribution in [2.24, 2.45) is 5.92 Å². The van der Waals surface area contributed by atoms with Gasteiger partial charge in [-0.15, -0.1) is 11.3 Å². The third-order valence-corrected chi connectivity index (χ3v) is 9.81. The SMILES string of the molecule is CC(=O)N1CCC(N2C[C@@H]3C[C@H](C2)c2c(NS(=O)(=O)c4cccs4)ccc(=O)n2C3)CC1. The Bertz CT molecular complexity index is 1170. The highest BCUT2D eigenvalue weighted by Crippen LogP contribution is 2.40. The van der Waals surface area contributed by atoms with Crippen molar-refractivity contribution in [3.05, 3.63) is 45.7 Å². The molecular formula is C22H28N4O4S2. The quantitative estimate of drug-likeness (QED) is 0.730. The zero-order chi connectivity index (χ0) is 22.5. The fourth-order valence-electron chi connectivity index (χ4n) is 5.59. The van der Waals surface area contributed by atoms with E-state index >= 15 is 0 Å². The summed E-state index contributed by atoms with van der Waals surface area (Å²) in [4.78, 5) is 28.8. The van der Waals surface area contributed by atoms with Gasteiger partial charge in [0.1, 0.15) is 4.21 Å². The van der Waals surface area contributed by atoms with Gasteiger partial charge in [0.25, 0.3) is 15.6 Å². The van der Waals surface area contributed by atoms with Gasteiger partial charge < -0.3 is 9.47 Å².